The molecule has 2 aromatic rings. The minimum atomic E-state index is -2.70. The van der Waals surface area contributed by atoms with Crippen molar-refractivity contribution in [3.63, 3.8) is 0 Å². The summed E-state index contributed by atoms with van der Waals surface area (Å²) in [5, 5.41) is 44.8. The fourth-order valence-corrected chi connectivity index (χ4v) is 6.29. The van der Waals surface area contributed by atoms with Crippen LogP contribution in [0.3, 0.4) is 0 Å². The summed E-state index contributed by atoms with van der Waals surface area (Å²) < 4.78 is 10.5. The average molecular weight is 553 g/mol. The molecule has 4 unspecified atom stereocenters. The predicted molar refractivity (Wildman–Crippen MR) is 138 cm³/mol. The number of likely N-dealkylation sites (N-methyl/N-ethyl adjacent to an activating group) is 1. The Kier molecular flexibility index (Phi) is 6.31. The molecule has 13 heteroatoms. The number of hydrogen-bond donors (Lipinski definition) is 5. The van der Waals surface area contributed by atoms with E-state index in [4.69, 9.17) is 15.2 Å². The first-order valence-corrected chi connectivity index (χ1v) is 12.3. The summed E-state index contributed by atoms with van der Waals surface area (Å²) >= 11 is 0. The quantitative estimate of drug-likeness (QED) is 0.320. The Labute approximate surface area is 228 Å². The van der Waals surface area contributed by atoms with E-state index in [0.29, 0.717) is 16.7 Å². The minimum Gasteiger partial charge on any atom is -0.508 e. The molecule has 0 aliphatic heterocycles. The fraction of sp³-hybridized carbons (Fsp3) is 0.370. The minimum absolute atomic E-state index is 0.0306. The average Bonchev–Trinajstić information content (AvgIpc) is 2.90. The number of phenolic OH excluding ortho intramolecular Hbond substituents is 1. The molecule has 3 aliphatic rings. The van der Waals surface area contributed by atoms with E-state index in [2.05, 4.69) is 9.97 Å². The molecule has 1 fully saturated rings. The second kappa shape index (κ2) is 9.31. The fourth-order valence-electron chi connectivity index (χ4n) is 6.29. The van der Waals surface area contributed by atoms with Crippen LogP contribution >= 0.6 is 0 Å². The van der Waals surface area contributed by atoms with Gasteiger partial charge in [0.15, 0.2) is 11.4 Å². The number of nitrogens with two attached hydrogens (primary N) is 1. The van der Waals surface area contributed by atoms with Crippen molar-refractivity contribution in [1.82, 2.24) is 14.9 Å². The molecule has 1 aromatic heterocycles. The van der Waals surface area contributed by atoms with Crippen LogP contribution < -0.4 is 15.2 Å². The summed E-state index contributed by atoms with van der Waals surface area (Å²) in [5.41, 5.74) is 2.89. The number of aliphatic hydroxyl groups excluding tert-OH is 2. The van der Waals surface area contributed by atoms with Crippen LogP contribution in [-0.4, -0.2) is 92.7 Å². The summed E-state index contributed by atoms with van der Waals surface area (Å²) in [6.45, 7) is 0. The van der Waals surface area contributed by atoms with Gasteiger partial charge in [-0.25, -0.2) is 4.98 Å². The number of fused-ring (bicyclic) bond motifs is 3. The van der Waals surface area contributed by atoms with Crippen molar-refractivity contribution in [1.29, 1.82) is 0 Å². The van der Waals surface area contributed by atoms with E-state index in [1.807, 2.05) is 0 Å². The van der Waals surface area contributed by atoms with E-state index in [9.17, 15) is 34.8 Å². The Hall–Kier alpha value is -4.49. The van der Waals surface area contributed by atoms with E-state index in [1.54, 1.807) is 20.2 Å². The number of benzene rings is 1. The number of carbonyl (C=O) groups excluding carboxylic acids is 3. The maximum absolute atomic E-state index is 13.9. The van der Waals surface area contributed by atoms with Gasteiger partial charge in [-0.1, -0.05) is 6.07 Å². The standard InChI is InChI=1S/C27H28N4O9/c1-31(2)19-14-8-10-7-12-11(13-9-29-26(40-4)30-25(13)39-3)5-6-15(32)17(12)20(33)16(10)22(35)27(14,38)23(36)18(21(19)34)24(28)37/h5-6,9-10,14,19,32-33,36,38H,7-8H2,1-4H3,(H2,28,37). The van der Waals surface area contributed by atoms with E-state index < -0.39 is 58.0 Å². The van der Waals surface area contributed by atoms with E-state index in [-0.39, 0.29) is 41.6 Å². The zero-order valence-electron chi connectivity index (χ0n) is 22.1. The second-order valence-electron chi connectivity index (χ2n) is 10.2. The number of primary amides is 1. The topological polar surface area (TPSA) is 206 Å². The van der Waals surface area contributed by atoms with Crippen molar-refractivity contribution in [2.75, 3.05) is 28.3 Å². The number of nitrogens with zero attached hydrogens (tertiary/aromatic N) is 3. The lowest BCUT2D eigenvalue weighted by molar-refractivity contribution is -0.153. The third kappa shape index (κ3) is 3.58. The molecule has 40 heavy (non-hydrogen) atoms. The van der Waals surface area contributed by atoms with Gasteiger partial charge >= 0.3 is 6.01 Å². The van der Waals surface area contributed by atoms with Crippen molar-refractivity contribution in [3.8, 4) is 28.8 Å². The first-order valence-electron chi connectivity index (χ1n) is 12.3. The number of ether oxygens (including phenoxy) is 2. The second-order valence-corrected chi connectivity index (χ2v) is 10.2. The Morgan fingerprint density at radius 2 is 1.82 bits per heavy atom. The molecule has 1 aromatic carbocycles. The van der Waals surface area contributed by atoms with Gasteiger partial charge in [0.05, 0.1) is 31.4 Å². The van der Waals surface area contributed by atoms with Gasteiger partial charge in [0.2, 0.25) is 11.7 Å². The maximum Gasteiger partial charge on any atom is 0.319 e. The van der Waals surface area contributed by atoms with Crippen LogP contribution in [0.4, 0.5) is 0 Å². The molecule has 5 rings (SSSR count). The molecule has 6 N–H and O–H groups in total. The number of aliphatic hydroxyl groups is 3. The Bertz CT molecular complexity index is 1550. The van der Waals surface area contributed by atoms with Crippen LogP contribution in [0, 0.1) is 11.8 Å². The molecule has 0 saturated heterocycles. The third-order valence-electron chi connectivity index (χ3n) is 8.00. The lowest BCUT2D eigenvalue weighted by atomic mass is 9.57. The van der Waals surface area contributed by atoms with Gasteiger partial charge in [0.1, 0.15) is 22.8 Å². The number of phenols is 1. The highest BCUT2D eigenvalue weighted by molar-refractivity contribution is 6.24. The number of aromatic hydroxyl groups is 1. The van der Waals surface area contributed by atoms with Gasteiger partial charge < -0.3 is 35.6 Å². The molecule has 1 saturated carbocycles. The molecule has 3 aliphatic carbocycles. The third-order valence-corrected chi connectivity index (χ3v) is 8.00. The van der Waals surface area contributed by atoms with Crippen LogP contribution in [0.1, 0.15) is 17.5 Å². The molecule has 0 bridgehead atoms. The number of amides is 1. The molecule has 1 amide bonds. The molecule has 0 spiro atoms. The summed E-state index contributed by atoms with van der Waals surface area (Å²) in [4.78, 5) is 49.1. The summed E-state index contributed by atoms with van der Waals surface area (Å²) in [6, 6.07) is 1.82. The Morgan fingerprint density at radius 1 is 1.12 bits per heavy atom. The number of rotatable bonds is 5. The van der Waals surface area contributed by atoms with Gasteiger partial charge in [-0.3, -0.25) is 19.3 Å². The molecule has 4 atom stereocenters. The van der Waals surface area contributed by atoms with Gasteiger partial charge in [0.25, 0.3) is 5.91 Å². The van der Waals surface area contributed by atoms with Crippen molar-refractivity contribution in [2.24, 2.45) is 17.6 Å². The molecular weight excluding hydrogens is 524 g/mol. The zero-order valence-corrected chi connectivity index (χ0v) is 22.1. The first-order chi connectivity index (χ1) is 18.9. The van der Waals surface area contributed by atoms with Crippen molar-refractivity contribution in [2.45, 2.75) is 24.5 Å². The molecule has 1 heterocycles. The first kappa shape index (κ1) is 27.1. The highest BCUT2D eigenvalue weighted by atomic mass is 16.5. The monoisotopic (exact) mass is 552 g/mol. The zero-order chi connectivity index (χ0) is 29.3. The highest BCUT2D eigenvalue weighted by Crippen LogP contribution is 2.54. The summed E-state index contributed by atoms with van der Waals surface area (Å²) in [7, 11) is 5.90. The van der Waals surface area contributed by atoms with Crippen molar-refractivity contribution in [3.05, 3.63) is 46.4 Å². The predicted octanol–water partition coefficient (Wildman–Crippen LogP) is 0.438. The van der Waals surface area contributed by atoms with Crippen LogP contribution in [0.2, 0.25) is 0 Å². The van der Waals surface area contributed by atoms with Crippen LogP contribution in [-0.2, 0) is 20.8 Å². The largest absolute Gasteiger partial charge is 0.508 e. The van der Waals surface area contributed by atoms with E-state index in [0.717, 1.165) is 0 Å². The number of aromatic nitrogens is 2. The molecule has 210 valence electrons. The lowest BCUT2D eigenvalue weighted by Crippen LogP contribution is -2.65. The smallest absolute Gasteiger partial charge is 0.319 e. The van der Waals surface area contributed by atoms with Gasteiger partial charge in [-0.2, -0.15) is 4.98 Å². The summed E-state index contributed by atoms with van der Waals surface area (Å²) in [6.07, 6.45) is 1.54. The van der Waals surface area contributed by atoms with E-state index in [1.165, 1.54) is 31.4 Å². The lowest BCUT2D eigenvalue weighted by Gasteiger charge is -2.50. The number of ketones is 2. The van der Waals surface area contributed by atoms with Crippen LogP contribution in [0.25, 0.3) is 16.9 Å². The number of carbonyl (C=O) groups is 3. The summed E-state index contributed by atoms with van der Waals surface area (Å²) in [5.74, 6) is -6.98. The van der Waals surface area contributed by atoms with Gasteiger partial charge in [0, 0.05) is 17.7 Å². The molecule has 13 nitrogen and oxygen atoms in total. The molecule has 0 radical (unpaired) electrons. The van der Waals surface area contributed by atoms with Crippen LogP contribution in [0.15, 0.2) is 35.2 Å². The van der Waals surface area contributed by atoms with Crippen molar-refractivity contribution >= 4 is 23.2 Å². The normalized spacial score (nSPS) is 25.9. The molecular formula is C27H28N4O9. The van der Waals surface area contributed by atoms with Gasteiger partial charge in [-0.15, -0.1) is 0 Å². The number of hydrogen-bond acceptors (Lipinski definition) is 12. The maximum atomic E-state index is 13.9. The van der Waals surface area contributed by atoms with Gasteiger partial charge in [-0.05, 0) is 50.0 Å². The Morgan fingerprint density at radius 3 is 2.42 bits per heavy atom. The van der Waals surface area contributed by atoms with Crippen LogP contribution in [0.5, 0.6) is 17.6 Å². The SMILES string of the molecule is COc1ncc(-c2ccc(O)c3c2CC2CC4C(N(C)C)C(=O)C(C(N)=O)=C(O)C4(O)C(=O)C2=C3O)c(OC)n1. The Balaban J connectivity index is 1.74. The van der Waals surface area contributed by atoms with E-state index >= 15 is 0 Å². The number of methoxy groups -OCH3 is 2. The highest BCUT2D eigenvalue weighted by Gasteiger charge is 2.64. The van der Waals surface area contributed by atoms with Crippen molar-refractivity contribution < 1.29 is 44.3 Å². The number of Topliss-reactive ketones (excluding diaryl/α,β-unsaturated/α-hetero) is 2.